The van der Waals surface area contributed by atoms with Crippen LogP contribution in [-0.2, 0) is 16.5 Å². The van der Waals surface area contributed by atoms with E-state index in [0.717, 1.165) is 30.5 Å². The molecule has 1 nitrogen and oxygen atoms in total. The van der Waals surface area contributed by atoms with E-state index in [-0.39, 0.29) is 16.9 Å². The van der Waals surface area contributed by atoms with E-state index in [4.69, 9.17) is 0 Å². The van der Waals surface area contributed by atoms with Gasteiger partial charge in [-0.2, -0.15) is 0 Å². The fraction of sp³-hybridized carbons (Fsp3) is 0.351. The Morgan fingerprint density at radius 2 is 0.846 bits per heavy atom. The highest BCUT2D eigenvalue weighted by molar-refractivity contribution is 5.46. The molecular formula is C37H42FN. The molecule has 0 aliphatic carbocycles. The van der Waals surface area contributed by atoms with Crippen LogP contribution in [0.15, 0.2) is 97.1 Å². The van der Waals surface area contributed by atoms with Gasteiger partial charge in [0.25, 0.3) is 0 Å². The molecule has 4 aromatic rings. The first-order valence-electron chi connectivity index (χ1n) is 14.3. The molecule has 1 N–H and O–H groups in total. The topological polar surface area (TPSA) is 12.0 Å². The maximum atomic E-state index is 17.5. The summed E-state index contributed by atoms with van der Waals surface area (Å²) in [5, 5.41) is 3.47. The summed E-state index contributed by atoms with van der Waals surface area (Å²) in [7, 11) is 0. The summed E-state index contributed by atoms with van der Waals surface area (Å²) in [4.78, 5) is 0. The van der Waals surface area contributed by atoms with Crippen molar-refractivity contribution in [3.63, 3.8) is 0 Å². The van der Waals surface area contributed by atoms with E-state index in [0.29, 0.717) is 0 Å². The third-order valence-electron chi connectivity index (χ3n) is 9.14. The molecule has 5 rings (SSSR count). The molecule has 0 bridgehead atoms. The number of hydrogen-bond donors (Lipinski definition) is 1. The number of rotatable bonds is 7. The zero-order chi connectivity index (χ0) is 27.8. The summed E-state index contributed by atoms with van der Waals surface area (Å²) in [6.45, 7) is 14.0. The molecule has 0 amide bonds. The van der Waals surface area contributed by atoms with Crippen molar-refractivity contribution in [2.45, 2.75) is 76.9 Å². The summed E-state index contributed by atoms with van der Waals surface area (Å²) in [5.74, 6) is 0. The fourth-order valence-corrected chi connectivity index (χ4v) is 6.13. The first-order chi connectivity index (χ1) is 18.5. The van der Waals surface area contributed by atoms with Crippen molar-refractivity contribution in [1.82, 2.24) is 5.32 Å². The van der Waals surface area contributed by atoms with Gasteiger partial charge < -0.3 is 5.32 Å². The Bertz CT molecular complexity index is 1290. The van der Waals surface area contributed by atoms with Gasteiger partial charge in [0.05, 0.1) is 0 Å². The van der Waals surface area contributed by atoms with Crippen molar-refractivity contribution in [2.24, 2.45) is 0 Å². The molecule has 1 fully saturated rings. The highest BCUT2D eigenvalue weighted by Crippen LogP contribution is 2.43. The van der Waals surface area contributed by atoms with Gasteiger partial charge in [-0.1, -0.05) is 136 Å². The van der Waals surface area contributed by atoms with Crippen molar-refractivity contribution in [2.75, 3.05) is 6.54 Å². The molecule has 202 valence electrons. The van der Waals surface area contributed by atoms with Gasteiger partial charge in [0.2, 0.25) is 0 Å². The van der Waals surface area contributed by atoms with E-state index in [1.807, 2.05) is 24.3 Å². The van der Waals surface area contributed by atoms with Gasteiger partial charge in [-0.3, -0.25) is 0 Å². The summed E-state index contributed by atoms with van der Waals surface area (Å²) in [6, 6.07) is 33.7. The minimum Gasteiger partial charge on any atom is -0.310 e. The number of benzene rings is 4. The Balaban J connectivity index is 1.49. The Morgan fingerprint density at radius 1 is 0.538 bits per heavy atom. The minimum atomic E-state index is -1.60. The lowest BCUT2D eigenvalue weighted by Gasteiger charge is -2.34. The van der Waals surface area contributed by atoms with Crippen molar-refractivity contribution >= 4 is 0 Å². The SMILES string of the molecule is Cc1ccc(C(C)(C)c2ccc(C(F)(c3ccc(C(C)(C)c4ccc(C)cc4)cc3)[C@@H]3CCCN3)cc2)cc1. The van der Waals surface area contributed by atoms with Crippen LogP contribution in [0.1, 0.15) is 85.0 Å². The molecule has 1 atom stereocenters. The third kappa shape index (κ3) is 5.08. The summed E-state index contributed by atoms with van der Waals surface area (Å²) >= 11 is 0. The molecule has 4 aromatic carbocycles. The van der Waals surface area contributed by atoms with Crippen LogP contribution < -0.4 is 5.32 Å². The Hall–Kier alpha value is -3.23. The van der Waals surface area contributed by atoms with E-state index in [1.54, 1.807) is 0 Å². The van der Waals surface area contributed by atoms with Gasteiger partial charge in [0, 0.05) is 16.9 Å². The van der Waals surface area contributed by atoms with E-state index in [1.165, 1.54) is 33.4 Å². The molecule has 1 heterocycles. The maximum absolute atomic E-state index is 17.5. The molecule has 0 saturated carbocycles. The van der Waals surface area contributed by atoms with Crippen LogP contribution in [-0.4, -0.2) is 12.6 Å². The standard InChI is InChI=1S/C37H42FN/c1-26-9-13-28(14-10-26)35(3,4)30-17-21-32(22-18-30)37(38,34-8-7-25-39-34)33-23-19-31(20-24-33)36(5,6)29-15-11-27(2)12-16-29/h9-24,34,39H,7-8,25H2,1-6H3/t34-/m0/s1. The van der Waals surface area contributed by atoms with Crippen molar-refractivity contribution in [3.05, 3.63) is 142 Å². The summed E-state index contributed by atoms with van der Waals surface area (Å²) < 4.78 is 17.5. The van der Waals surface area contributed by atoms with Crippen molar-refractivity contribution in [1.29, 1.82) is 0 Å². The first-order valence-corrected chi connectivity index (χ1v) is 14.3. The largest absolute Gasteiger partial charge is 0.310 e. The van der Waals surface area contributed by atoms with Gasteiger partial charge in [-0.15, -0.1) is 0 Å². The van der Waals surface area contributed by atoms with Crippen LogP contribution in [0, 0.1) is 13.8 Å². The molecule has 2 heteroatoms. The molecule has 1 saturated heterocycles. The van der Waals surface area contributed by atoms with Gasteiger partial charge >= 0.3 is 0 Å². The zero-order valence-corrected chi connectivity index (χ0v) is 24.3. The van der Waals surface area contributed by atoms with Crippen LogP contribution in [0.25, 0.3) is 0 Å². The van der Waals surface area contributed by atoms with Crippen LogP contribution >= 0.6 is 0 Å². The van der Waals surface area contributed by atoms with Gasteiger partial charge in [-0.25, -0.2) is 4.39 Å². The lowest BCUT2D eigenvalue weighted by molar-refractivity contribution is 0.163. The van der Waals surface area contributed by atoms with Crippen LogP contribution in [0.4, 0.5) is 4.39 Å². The predicted molar refractivity (Wildman–Crippen MR) is 162 cm³/mol. The van der Waals surface area contributed by atoms with E-state index < -0.39 is 5.67 Å². The predicted octanol–water partition coefficient (Wildman–Crippen LogP) is 8.92. The van der Waals surface area contributed by atoms with Crippen LogP contribution in [0.3, 0.4) is 0 Å². The monoisotopic (exact) mass is 519 g/mol. The summed E-state index contributed by atoms with van der Waals surface area (Å²) in [6.07, 6.45) is 1.82. The maximum Gasteiger partial charge on any atom is 0.176 e. The molecule has 39 heavy (non-hydrogen) atoms. The van der Waals surface area contributed by atoms with Gasteiger partial charge in [0.15, 0.2) is 5.67 Å². The Kier molecular flexibility index (Phi) is 7.29. The zero-order valence-electron chi connectivity index (χ0n) is 24.3. The Morgan fingerprint density at radius 3 is 1.15 bits per heavy atom. The first kappa shape index (κ1) is 27.3. The number of nitrogens with one attached hydrogen (secondary N) is 1. The molecule has 0 aromatic heterocycles. The lowest BCUT2D eigenvalue weighted by atomic mass is 9.74. The molecule has 1 aliphatic heterocycles. The second-order valence-corrected chi connectivity index (χ2v) is 12.5. The lowest BCUT2D eigenvalue weighted by Crippen LogP contribution is -2.43. The number of halogens is 1. The highest BCUT2D eigenvalue weighted by Gasteiger charge is 2.44. The number of aryl methyl sites for hydroxylation is 2. The third-order valence-corrected chi connectivity index (χ3v) is 9.14. The fourth-order valence-electron chi connectivity index (χ4n) is 6.13. The van der Waals surface area contributed by atoms with Crippen LogP contribution in [0.2, 0.25) is 0 Å². The van der Waals surface area contributed by atoms with Crippen molar-refractivity contribution < 1.29 is 4.39 Å². The number of hydrogen-bond acceptors (Lipinski definition) is 1. The van der Waals surface area contributed by atoms with Crippen LogP contribution in [0.5, 0.6) is 0 Å². The van der Waals surface area contributed by atoms with Crippen molar-refractivity contribution in [3.8, 4) is 0 Å². The minimum absolute atomic E-state index is 0.167. The Labute approximate surface area is 234 Å². The second kappa shape index (κ2) is 10.4. The molecule has 1 aliphatic rings. The quantitative estimate of drug-likeness (QED) is 0.257. The normalized spacial score (nSPS) is 16.4. The van der Waals surface area contributed by atoms with Gasteiger partial charge in [-0.05, 0) is 66.6 Å². The van der Waals surface area contributed by atoms with E-state index in [9.17, 15) is 0 Å². The molecule has 0 radical (unpaired) electrons. The second-order valence-electron chi connectivity index (χ2n) is 12.5. The van der Waals surface area contributed by atoms with E-state index >= 15 is 4.39 Å². The van der Waals surface area contributed by atoms with Gasteiger partial charge in [0.1, 0.15) is 0 Å². The highest BCUT2D eigenvalue weighted by atomic mass is 19.1. The van der Waals surface area contributed by atoms with E-state index in [2.05, 4.69) is 120 Å². The molecular weight excluding hydrogens is 477 g/mol. The summed E-state index contributed by atoms with van der Waals surface area (Å²) in [5.41, 5.74) is 6.91. The average molecular weight is 520 g/mol. The smallest absolute Gasteiger partial charge is 0.176 e. The average Bonchev–Trinajstić information content (AvgIpc) is 3.49. The molecule has 0 spiro atoms. The molecule has 0 unspecified atom stereocenters. The number of alkyl halides is 1.